The minimum Gasteiger partial charge on any atom is -0.378 e. The quantitative estimate of drug-likeness (QED) is 0.526. The van der Waals surface area contributed by atoms with E-state index in [1.165, 1.54) is 37.7 Å². The number of aryl methyl sites for hydroxylation is 1. The number of hydrogen-bond donors (Lipinski definition) is 2. The molecule has 1 aliphatic rings. The Kier molecular flexibility index (Phi) is 10.4. The number of nitrogens with zero attached hydrogens (tertiary/aromatic N) is 1. The van der Waals surface area contributed by atoms with Crippen molar-refractivity contribution in [1.29, 1.82) is 0 Å². The van der Waals surface area contributed by atoms with E-state index in [4.69, 9.17) is 4.74 Å². The Balaban J connectivity index is 1.58. The van der Waals surface area contributed by atoms with Gasteiger partial charge in [-0.15, -0.1) is 0 Å². The van der Waals surface area contributed by atoms with Gasteiger partial charge in [0.2, 0.25) is 0 Å². The Morgan fingerprint density at radius 2 is 1.68 bits per heavy atom. The first-order valence-corrected chi connectivity index (χ1v) is 11.0. The van der Waals surface area contributed by atoms with E-state index in [-0.39, 0.29) is 6.03 Å². The highest BCUT2D eigenvalue weighted by atomic mass is 16.5. The van der Waals surface area contributed by atoms with Crippen molar-refractivity contribution in [2.24, 2.45) is 0 Å². The number of ether oxygens (including phenoxy) is 1. The summed E-state index contributed by atoms with van der Waals surface area (Å²) in [7, 11) is 3.92. The van der Waals surface area contributed by atoms with Gasteiger partial charge in [-0.25, -0.2) is 4.79 Å². The second-order valence-corrected chi connectivity index (χ2v) is 8.08. The van der Waals surface area contributed by atoms with E-state index in [0.29, 0.717) is 12.1 Å². The first-order chi connectivity index (χ1) is 13.6. The molecule has 0 aliphatic heterocycles. The standard InChI is InChI=1S/C23H39N3O2/c1-19-9-11-20(12-10-19)25-23(27)26(3)21-13-15-22(16-14-21)28-18-8-6-4-5-7-17-24-2/h9-12,21-22,24H,4-8,13-18H2,1-3H3,(H,25,27)/t21-,22-. The van der Waals surface area contributed by atoms with Crippen molar-refractivity contribution in [3.63, 3.8) is 0 Å². The zero-order valence-corrected chi connectivity index (χ0v) is 18.0. The topological polar surface area (TPSA) is 53.6 Å². The maximum absolute atomic E-state index is 12.5. The average molecular weight is 390 g/mol. The summed E-state index contributed by atoms with van der Waals surface area (Å²) in [6, 6.07) is 8.21. The van der Waals surface area contributed by atoms with E-state index in [2.05, 4.69) is 10.6 Å². The van der Waals surface area contributed by atoms with Crippen molar-refractivity contribution in [1.82, 2.24) is 10.2 Å². The smallest absolute Gasteiger partial charge is 0.321 e. The molecule has 2 N–H and O–H groups in total. The fourth-order valence-corrected chi connectivity index (χ4v) is 3.80. The number of amides is 2. The average Bonchev–Trinajstić information content (AvgIpc) is 2.71. The van der Waals surface area contributed by atoms with Crippen LogP contribution in [-0.2, 0) is 4.74 Å². The van der Waals surface area contributed by atoms with Crippen LogP contribution in [0.1, 0.15) is 63.4 Å². The third kappa shape index (κ3) is 8.19. The van der Waals surface area contributed by atoms with Gasteiger partial charge in [0.1, 0.15) is 0 Å². The van der Waals surface area contributed by atoms with E-state index < -0.39 is 0 Å². The molecule has 28 heavy (non-hydrogen) atoms. The van der Waals surface area contributed by atoms with Crippen LogP contribution in [0.3, 0.4) is 0 Å². The largest absolute Gasteiger partial charge is 0.378 e. The van der Waals surface area contributed by atoms with Gasteiger partial charge in [0.25, 0.3) is 0 Å². The van der Waals surface area contributed by atoms with Gasteiger partial charge in [0.15, 0.2) is 0 Å². The number of carbonyl (C=O) groups excluding carboxylic acids is 1. The molecule has 0 bridgehead atoms. The van der Waals surface area contributed by atoms with Gasteiger partial charge in [0, 0.05) is 25.4 Å². The Hall–Kier alpha value is -1.59. The number of nitrogens with one attached hydrogen (secondary N) is 2. The molecule has 0 atom stereocenters. The fraction of sp³-hybridized carbons (Fsp3) is 0.696. The van der Waals surface area contributed by atoms with Crippen LogP contribution in [0.5, 0.6) is 0 Å². The number of rotatable bonds is 11. The lowest BCUT2D eigenvalue weighted by Crippen LogP contribution is -2.42. The van der Waals surface area contributed by atoms with Gasteiger partial charge in [-0.1, -0.05) is 37.0 Å². The van der Waals surface area contributed by atoms with Crippen molar-refractivity contribution >= 4 is 11.7 Å². The molecular formula is C23H39N3O2. The highest BCUT2D eigenvalue weighted by Crippen LogP contribution is 2.25. The van der Waals surface area contributed by atoms with E-state index in [1.807, 2.05) is 50.2 Å². The third-order valence-corrected chi connectivity index (χ3v) is 5.74. The third-order valence-electron chi connectivity index (χ3n) is 5.74. The van der Waals surface area contributed by atoms with Crippen LogP contribution >= 0.6 is 0 Å². The van der Waals surface area contributed by atoms with Gasteiger partial charge in [0.05, 0.1) is 6.10 Å². The molecule has 1 aliphatic carbocycles. The summed E-state index contributed by atoms with van der Waals surface area (Å²) < 4.78 is 6.07. The van der Waals surface area contributed by atoms with Crippen molar-refractivity contribution in [2.75, 3.05) is 32.6 Å². The maximum atomic E-state index is 12.5. The zero-order valence-electron chi connectivity index (χ0n) is 18.0. The van der Waals surface area contributed by atoms with Crippen LogP contribution in [0.4, 0.5) is 10.5 Å². The Morgan fingerprint density at radius 3 is 2.36 bits per heavy atom. The summed E-state index contributed by atoms with van der Waals surface area (Å²) >= 11 is 0. The highest BCUT2D eigenvalue weighted by molar-refractivity contribution is 5.89. The number of anilines is 1. The molecule has 5 heteroatoms. The molecule has 1 aromatic rings. The van der Waals surface area contributed by atoms with E-state index in [9.17, 15) is 4.79 Å². The summed E-state index contributed by atoms with van der Waals surface area (Å²) in [4.78, 5) is 14.4. The zero-order chi connectivity index (χ0) is 20.2. The van der Waals surface area contributed by atoms with Crippen LogP contribution in [0.25, 0.3) is 0 Å². The van der Waals surface area contributed by atoms with Crippen LogP contribution in [0.15, 0.2) is 24.3 Å². The highest BCUT2D eigenvalue weighted by Gasteiger charge is 2.26. The first-order valence-electron chi connectivity index (χ1n) is 11.0. The predicted octanol–water partition coefficient (Wildman–Crippen LogP) is 4.96. The van der Waals surface area contributed by atoms with Crippen LogP contribution in [0.2, 0.25) is 0 Å². The molecule has 0 saturated heterocycles. The molecule has 0 aromatic heterocycles. The molecule has 0 heterocycles. The summed E-state index contributed by atoms with van der Waals surface area (Å²) in [5.74, 6) is 0. The SMILES string of the molecule is CNCCCCCCCO[C@H]1CC[C@H](N(C)C(=O)Nc2ccc(C)cc2)CC1. The van der Waals surface area contributed by atoms with Crippen molar-refractivity contribution in [2.45, 2.75) is 76.9 Å². The molecule has 1 saturated carbocycles. The number of hydrogen-bond acceptors (Lipinski definition) is 3. The Bertz CT molecular complexity index is 553. The van der Waals surface area contributed by atoms with Gasteiger partial charge >= 0.3 is 6.03 Å². The lowest BCUT2D eigenvalue weighted by molar-refractivity contribution is 0.0131. The van der Waals surface area contributed by atoms with Gasteiger partial charge in [-0.2, -0.15) is 0 Å². The van der Waals surface area contributed by atoms with E-state index >= 15 is 0 Å². The Morgan fingerprint density at radius 1 is 1.04 bits per heavy atom. The second kappa shape index (κ2) is 12.8. The monoisotopic (exact) mass is 389 g/mol. The van der Waals surface area contributed by atoms with Crippen LogP contribution < -0.4 is 10.6 Å². The summed E-state index contributed by atoms with van der Waals surface area (Å²) in [5, 5.41) is 6.19. The summed E-state index contributed by atoms with van der Waals surface area (Å²) in [6.45, 7) is 4.05. The molecule has 5 nitrogen and oxygen atoms in total. The molecular weight excluding hydrogens is 350 g/mol. The van der Waals surface area contributed by atoms with E-state index in [0.717, 1.165) is 44.5 Å². The van der Waals surface area contributed by atoms with E-state index in [1.54, 1.807) is 0 Å². The molecule has 1 aromatic carbocycles. The summed E-state index contributed by atoms with van der Waals surface area (Å²) in [5.41, 5.74) is 2.05. The van der Waals surface area contributed by atoms with Gasteiger partial charge < -0.3 is 20.3 Å². The molecule has 1 fully saturated rings. The van der Waals surface area contributed by atoms with Gasteiger partial charge in [-0.3, -0.25) is 0 Å². The number of benzene rings is 1. The lowest BCUT2D eigenvalue weighted by Gasteiger charge is -2.34. The Labute approximate surface area is 171 Å². The first kappa shape index (κ1) is 22.7. The predicted molar refractivity (Wildman–Crippen MR) is 117 cm³/mol. The maximum Gasteiger partial charge on any atom is 0.321 e. The van der Waals surface area contributed by atoms with Crippen LogP contribution in [0, 0.1) is 6.92 Å². The second-order valence-electron chi connectivity index (χ2n) is 8.08. The fourth-order valence-electron chi connectivity index (χ4n) is 3.80. The number of unbranched alkanes of at least 4 members (excludes halogenated alkanes) is 4. The number of urea groups is 1. The molecule has 0 spiro atoms. The normalized spacial score (nSPS) is 19.4. The van der Waals surface area contributed by atoms with Crippen molar-refractivity contribution < 1.29 is 9.53 Å². The number of carbonyl (C=O) groups is 1. The summed E-state index contributed by atoms with van der Waals surface area (Å²) in [6.07, 6.45) is 10.8. The lowest BCUT2D eigenvalue weighted by atomic mass is 9.92. The van der Waals surface area contributed by atoms with Crippen LogP contribution in [-0.4, -0.2) is 50.3 Å². The minimum absolute atomic E-state index is 0.0218. The molecule has 2 amide bonds. The van der Waals surface area contributed by atoms with Crippen molar-refractivity contribution in [3.8, 4) is 0 Å². The van der Waals surface area contributed by atoms with Gasteiger partial charge in [-0.05, 0) is 71.2 Å². The van der Waals surface area contributed by atoms with Crippen molar-refractivity contribution in [3.05, 3.63) is 29.8 Å². The molecule has 0 unspecified atom stereocenters. The molecule has 0 radical (unpaired) electrons. The molecule has 2 rings (SSSR count). The minimum atomic E-state index is -0.0218. The molecule has 158 valence electrons.